The van der Waals surface area contributed by atoms with E-state index < -0.39 is 5.54 Å². The topological polar surface area (TPSA) is 32.3 Å². The maximum Gasteiger partial charge on any atom is 0.182 e. The van der Waals surface area contributed by atoms with E-state index in [1.807, 2.05) is 38.1 Å². The van der Waals surface area contributed by atoms with E-state index in [0.717, 1.165) is 49.7 Å². The fourth-order valence-corrected chi connectivity index (χ4v) is 3.70. The van der Waals surface area contributed by atoms with Gasteiger partial charge in [-0.25, -0.2) is 0 Å². The van der Waals surface area contributed by atoms with Crippen molar-refractivity contribution in [2.24, 2.45) is 0 Å². The van der Waals surface area contributed by atoms with Gasteiger partial charge in [0.25, 0.3) is 0 Å². The van der Waals surface area contributed by atoms with Gasteiger partial charge in [-0.05, 0) is 44.7 Å². The van der Waals surface area contributed by atoms with Gasteiger partial charge in [-0.1, -0.05) is 12.1 Å². The first-order chi connectivity index (χ1) is 10.6. The Morgan fingerprint density at radius 1 is 1.27 bits per heavy atom. The number of thioether (sulfide) groups is 1. The fraction of sp³-hybridized carbons (Fsp3) is 0.588. The molecule has 122 valence electrons. The van der Waals surface area contributed by atoms with Gasteiger partial charge in [0, 0.05) is 35.8 Å². The summed E-state index contributed by atoms with van der Waals surface area (Å²) in [6, 6.07) is 8.00. The molecule has 1 N–H and O–H groups in total. The molecule has 1 aliphatic heterocycles. The summed E-state index contributed by atoms with van der Waals surface area (Å²) in [4.78, 5) is 16.4. The fourth-order valence-electron chi connectivity index (χ4n) is 2.77. The summed E-state index contributed by atoms with van der Waals surface area (Å²) < 4.78 is 0. The third-order valence-corrected chi connectivity index (χ3v) is 5.70. The van der Waals surface area contributed by atoms with Crippen molar-refractivity contribution in [2.75, 3.05) is 37.7 Å². The molecule has 0 amide bonds. The molecule has 1 aromatic rings. The minimum Gasteiger partial charge on any atom is -0.315 e. The van der Waals surface area contributed by atoms with Crippen molar-refractivity contribution in [2.45, 2.75) is 30.7 Å². The van der Waals surface area contributed by atoms with Crippen molar-refractivity contribution in [3.05, 3.63) is 29.8 Å². The lowest BCUT2D eigenvalue weighted by molar-refractivity contribution is 0.0658. The van der Waals surface area contributed by atoms with Crippen molar-refractivity contribution in [1.82, 2.24) is 10.2 Å². The molecule has 0 bridgehead atoms. The van der Waals surface area contributed by atoms with Gasteiger partial charge in [0.2, 0.25) is 0 Å². The number of carbonyl (C=O) groups excluding carboxylic acids is 1. The molecule has 1 aliphatic rings. The van der Waals surface area contributed by atoms with E-state index in [-0.39, 0.29) is 5.78 Å². The van der Waals surface area contributed by atoms with Crippen LogP contribution in [0.2, 0.25) is 0 Å². The molecule has 0 radical (unpaired) electrons. The quantitative estimate of drug-likeness (QED) is 0.474. The summed E-state index contributed by atoms with van der Waals surface area (Å²) in [5.74, 6) is 2.06. The minimum absolute atomic E-state index is 0.208. The Morgan fingerprint density at radius 3 is 2.68 bits per heavy atom. The summed E-state index contributed by atoms with van der Waals surface area (Å²) in [5.41, 5.74) is 0.351. The number of carbonyl (C=O) groups is 1. The summed E-state index contributed by atoms with van der Waals surface area (Å²) in [6.45, 7) is 7.98. The molecule has 1 saturated heterocycles. The van der Waals surface area contributed by atoms with Crippen LogP contribution in [0.15, 0.2) is 29.2 Å². The highest BCUT2D eigenvalue weighted by molar-refractivity contribution is 8.00. The first kappa shape index (κ1) is 17.9. The Kier molecular flexibility index (Phi) is 6.81. The van der Waals surface area contributed by atoms with Gasteiger partial charge >= 0.3 is 0 Å². The van der Waals surface area contributed by atoms with Gasteiger partial charge in [0.15, 0.2) is 5.78 Å². The maximum atomic E-state index is 12.9. The Bertz CT molecular complexity index is 480. The number of nitrogens with zero attached hydrogens (tertiary/aromatic N) is 1. The van der Waals surface area contributed by atoms with Crippen LogP contribution in [-0.2, 0) is 0 Å². The second-order valence-electron chi connectivity index (χ2n) is 6.08. The van der Waals surface area contributed by atoms with Gasteiger partial charge < -0.3 is 5.32 Å². The average molecular weight is 339 g/mol. The summed E-state index contributed by atoms with van der Waals surface area (Å²) in [5, 5.41) is 3.39. The number of Topliss-reactive ketones (excluding diaryl/α,β-unsaturated/α-hetero) is 1. The molecule has 0 aliphatic carbocycles. The van der Waals surface area contributed by atoms with Crippen LogP contribution in [0, 0.1) is 0 Å². The number of thiol groups is 1. The Morgan fingerprint density at radius 2 is 2.00 bits per heavy atom. The maximum absolute atomic E-state index is 12.9. The van der Waals surface area contributed by atoms with E-state index in [4.69, 9.17) is 0 Å². The predicted molar refractivity (Wildman–Crippen MR) is 98.5 cm³/mol. The zero-order chi connectivity index (χ0) is 16.0. The zero-order valence-corrected chi connectivity index (χ0v) is 15.2. The molecule has 5 heteroatoms. The highest BCUT2D eigenvalue weighted by Gasteiger charge is 2.35. The Hall–Kier alpha value is -0.490. The molecular formula is C17H26N2OS2. The van der Waals surface area contributed by atoms with Crippen LogP contribution in [0.4, 0.5) is 0 Å². The molecule has 0 spiro atoms. The molecule has 2 rings (SSSR count). The normalized spacial score (nSPS) is 17.2. The zero-order valence-electron chi connectivity index (χ0n) is 13.5. The first-order valence-corrected chi connectivity index (χ1v) is 9.52. The SMILES string of the molecule is CC(C)(C(=O)c1ccc(SCCS)cc1)N1CCCNCC1. The van der Waals surface area contributed by atoms with Crippen molar-refractivity contribution >= 4 is 30.2 Å². The van der Waals surface area contributed by atoms with Gasteiger partial charge in [0.1, 0.15) is 0 Å². The van der Waals surface area contributed by atoms with Gasteiger partial charge in [-0.3, -0.25) is 9.69 Å². The van der Waals surface area contributed by atoms with E-state index in [0.29, 0.717) is 0 Å². The third kappa shape index (κ3) is 4.51. The van der Waals surface area contributed by atoms with Crippen LogP contribution in [-0.4, -0.2) is 53.9 Å². The molecular weight excluding hydrogens is 312 g/mol. The average Bonchev–Trinajstić information content (AvgIpc) is 2.82. The molecule has 3 nitrogen and oxygen atoms in total. The second-order valence-corrected chi connectivity index (χ2v) is 7.69. The first-order valence-electron chi connectivity index (χ1n) is 7.90. The lowest BCUT2D eigenvalue weighted by Gasteiger charge is -2.36. The van der Waals surface area contributed by atoms with Gasteiger partial charge in [-0.15, -0.1) is 11.8 Å². The standard InChI is InChI=1S/C17H26N2OS2/c1-17(2,19-10-3-8-18-9-11-19)16(20)14-4-6-15(7-5-14)22-13-12-21/h4-7,18,21H,3,8-13H2,1-2H3. The van der Waals surface area contributed by atoms with E-state index in [1.165, 1.54) is 4.90 Å². The summed E-state index contributed by atoms with van der Waals surface area (Å²) in [7, 11) is 0. The second kappa shape index (κ2) is 8.39. The highest BCUT2D eigenvalue weighted by Crippen LogP contribution is 2.24. The van der Waals surface area contributed by atoms with Crippen LogP contribution in [0.3, 0.4) is 0 Å². The number of hydrogen-bond acceptors (Lipinski definition) is 5. The summed E-state index contributed by atoms with van der Waals surface area (Å²) >= 11 is 6.00. The van der Waals surface area contributed by atoms with Crippen molar-refractivity contribution in [1.29, 1.82) is 0 Å². The lowest BCUT2D eigenvalue weighted by atomic mass is 9.91. The van der Waals surface area contributed by atoms with Crippen LogP contribution in [0.5, 0.6) is 0 Å². The number of nitrogens with one attached hydrogen (secondary N) is 1. The largest absolute Gasteiger partial charge is 0.315 e. The molecule has 0 atom stereocenters. The molecule has 1 heterocycles. The van der Waals surface area contributed by atoms with Crippen molar-refractivity contribution in [3.8, 4) is 0 Å². The number of rotatable bonds is 6. The van der Waals surface area contributed by atoms with Gasteiger partial charge in [-0.2, -0.15) is 12.6 Å². The van der Waals surface area contributed by atoms with Gasteiger partial charge in [0.05, 0.1) is 5.54 Å². The third-order valence-electron chi connectivity index (χ3n) is 4.16. The van der Waals surface area contributed by atoms with E-state index in [1.54, 1.807) is 11.8 Å². The predicted octanol–water partition coefficient (Wildman–Crippen LogP) is 2.97. The Labute approximate surface area is 143 Å². The molecule has 1 aromatic carbocycles. The van der Waals surface area contributed by atoms with E-state index in [2.05, 4.69) is 22.8 Å². The molecule has 22 heavy (non-hydrogen) atoms. The van der Waals surface area contributed by atoms with Crippen molar-refractivity contribution < 1.29 is 4.79 Å². The van der Waals surface area contributed by atoms with Crippen LogP contribution in [0.25, 0.3) is 0 Å². The number of hydrogen-bond donors (Lipinski definition) is 2. The van der Waals surface area contributed by atoms with Crippen LogP contribution in [0.1, 0.15) is 30.6 Å². The number of ketones is 1. The Balaban J connectivity index is 2.08. The van der Waals surface area contributed by atoms with E-state index >= 15 is 0 Å². The smallest absolute Gasteiger partial charge is 0.182 e. The lowest BCUT2D eigenvalue weighted by Crippen LogP contribution is -2.51. The molecule has 0 aromatic heterocycles. The molecule has 0 saturated carbocycles. The van der Waals surface area contributed by atoms with Crippen LogP contribution >= 0.6 is 24.4 Å². The molecule has 0 unspecified atom stereocenters. The van der Waals surface area contributed by atoms with E-state index in [9.17, 15) is 4.79 Å². The number of benzene rings is 1. The monoisotopic (exact) mass is 338 g/mol. The van der Waals surface area contributed by atoms with Crippen LogP contribution < -0.4 is 5.32 Å². The molecule has 1 fully saturated rings. The summed E-state index contributed by atoms with van der Waals surface area (Å²) in [6.07, 6.45) is 1.09. The minimum atomic E-state index is -0.453. The highest BCUT2D eigenvalue weighted by atomic mass is 32.2. The van der Waals surface area contributed by atoms with Crippen molar-refractivity contribution in [3.63, 3.8) is 0 Å².